The molecule has 0 saturated heterocycles. The van der Waals surface area contributed by atoms with Gasteiger partial charge in [-0.05, 0) is 18.2 Å². The summed E-state index contributed by atoms with van der Waals surface area (Å²) in [5.41, 5.74) is 1.01. The average Bonchev–Trinajstić information content (AvgIpc) is 2.48. The van der Waals surface area contributed by atoms with Crippen molar-refractivity contribution in [1.29, 1.82) is 0 Å². The summed E-state index contributed by atoms with van der Waals surface area (Å²) in [6, 6.07) is 9.72. The fourth-order valence-electron chi connectivity index (χ4n) is 1.64. The lowest BCUT2D eigenvalue weighted by Gasteiger charge is -2.09. The monoisotopic (exact) mass is 342 g/mol. The maximum Gasteiger partial charge on any atom is 0.142 e. The van der Waals surface area contributed by atoms with Crippen LogP contribution in [0.4, 0.5) is 4.39 Å². The Morgan fingerprint density at radius 3 is 2.67 bits per heavy atom. The predicted molar refractivity (Wildman–Crippen MR) is 84.8 cm³/mol. The van der Waals surface area contributed by atoms with Gasteiger partial charge in [0.15, 0.2) is 0 Å². The summed E-state index contributed by atoms with van der Waals surface area (Å²) in [5.74, 6) is 5.32. The van der Waals surface area contributed by atoms with Gasteiger partial charge in [0.1, 0.15) is 18.2 Å². The summed E-state index contributed by atoms with van der Waals surface area (Å²) < 4.78 is 19.3. The second-order valence-electron chi connectivity index (χ2n) is 4.08. The van der Waals surface area contributed by atoms with Crippen LogP contribution in [0.15, 0.2) is 36.4 Å². The van der Waals surface area contributed by atoms with Crippen LogP contribution in [0.1, 0.15) is 11.1 Å². The van der Waals surface area contributed by atoms with E-state index in [0.717, 1.165) is 5.56 Å². The third-order valence-electron chi connectivity index (χ3n) is 2.66. The minimum absolute atomic E-state index is 0.158. The fourth-order valence-corrected chi connectivity index (χ4v) is 2.08. The lowest BCUT2D eigenvalue weighted by atomic mass is 10.2. The van der Waals surface area contributed by atoms with Gasteiger partial charge in [0.2, 0.25) is 0 Å². The van der Waals surface area contributed by atoms with E-state index in [4.69, 9.17) is 39.5 Å². The van der Waals surface area contributed by atoms with Crippen LogP contribution in [0.2, 0.25) is 10.0 Å². The molecule has 0 radical (unpaired) electrons. The molecule has 0 aliphatic rings. The van der Waals surface area contributed by atoms with Crippen molar-refractivity contribution in [2.45, 2.75) is 6.61 Å². The summed E-state index contributed by atoms with van der Waals surface area (Å²) in [5, 5.41) is 0.889. The first-order valence-corrected chi connectivity index (χ1v) is 7.31. The highest BCUT2D eigenvalue weighted by Gasteiger charge is 2.06. The third kappa shape index (κ3) is 4.28. The quantitative estimate of drug-likeness (QED) is 0.542. The van der Waals surface area contributed by atoms with E-state index in [2.05, 4.69) is 11.8 Å². The molecule has 0 heterocycles. The maximum atomic E-state index is 13.8. The average molecular weight is 344 g/mol. The van der Waals surface area contributed by atoms with Gasteiger partial charge >= 0.3 is 0 Å². The molecular weight excluding hydrogens is 334 g/mol. The van der Waals surface area contributed by atoms with Gasteiger partial charge in [-0.2, -0.15) is 0 Å². The van der Waals surface area contributed by atoms with E-state index >= 15 is 0 Å². The highest BCUT2D eigenvalue weighted by Crippen LogP contribution is 2.26. The van der Waals surface area contributed by atoms with Crippen LogP contribution < -0.4 is 4.74 Å². The molecule has 0 aliphatic carbocycles. The van der Waals surface area contributed by atoms with E-state index < -0.39 is 5.82 Å². The van der Waals surface area contributed by atoms with Gasteiger partial charge in [-0.25, -0.2) is 4.39 Å². The van der Waals surface area contributed by atoms with E-state index in [-0.39, 0.29) is 18.1 Å². The zero-order valence-corrected chi connectivity index (χ0v) is 13.1. The molecule has 0 saturated carbocycles. The molecule has 0 aliphatic heterocycles. The number of ether oxygens (including phenoxy) is 1. The molecule has 0 N–H and O–H groups in total. The number of benzene rings is 2. The van der Waals surface area contributed by atoms with Crippen molar-refractivity contribution in [2.75, 3.05) is 5.88 Å². The largest absolute Gasteiger partial charge is 0.489 e. The van der Waals surface area contributed by atoms with Crippen molar-refractivity contribution in [3.05, 3.63) is 63.4 Å². The van der Waals surface area contributed by atoms with Crippen molar-refractivity contribution in [1.82, 2.24) is 0 Å². The molecule has 0 amide bonds. The Labute approximate surface area is 137 Å². The Balaban J connectivity index is 2.10. The highest BCUT2D eigenvalue weighted by molar-refractivity contribution is 6.42. The minimum atomic E-state index is -0.456. The van der Waals surface area contributed by atoms with Crippen LogP contribution in [0, 0.1) is 17.7 Å². The Morgan fingerprint density at radius 2 is 1.95 bits per heavy atom. The molecule has 0 bridgehead atoms. The second kappa shape index (κ2) is 7.56. The number of halogens is 4. The Kier molecular flexibility index (Phi) is 5.76. The Hall–Kier alpha value is -1.40. The molecule has 0 atom stereocenters. The molecule has 0 spiro atoms. The summed E-state index contributed by atoms with van der Waals surface area (Å²) in [6.45, 7) is 0.200. The van der Waals surface area contributed by atoms with Gasteiger partial charge in [-0.3, -0.25) is 0 Å². The lowest BCUT2D eigenvalue weighted by Crippen LogP contribution is -1.97. The molecule has 1 nitrogen and oxygen atoms in total. The summed E-state index contributed by atoms with van der Waals surface area (Å²) in [7, 11) is 0. The van der Waals surface area contributed by atoms with Crippen LogP contribution in [-0.4, -0.2) is 5.88 Å². The predicted octanol–water partition coefficient (Wildman–Crippen LogP) is 5.30. The van der Waals surface area contributed by atoms with Crippen molar-refractivity contribution in [2.24, 2.45) is 0 Å². The molecule has 0 aromatic heterocycles. The van der Waals surface area contributed by atoms with Gasteiger partial charge < -0.3 is 4.74 Å². The van der Waals surface area contributed by atoms with Crippen molar-refractivity contribution >= 4 is 34.8 Å². The molecule has 5 heteroatoms. The molecule has 21 heavy (non-hydrogen) atoms. The number of rotatable bonds is 3. The summed E-state index contributed by atoms with van der Waals surface area (Å²) in [4.78, 5) is 0. The smallest absolute Gasteiger partial charge is 0.142 e. The van der Waals surface area contributed by atoms with Crippen LogP contribution >= 0.6 is 34.8 Å². The molecule has 0 unspecified atom stereocenters. The van der Waals surface area contributed by atoms with Crippen LogP contribution in [0.5, 0.6) is 5.75 Å². The van der Waals surface area contributed by atoms with E-state index in [1.165, 1.54) is 6.07 Å². The van der Waals surface area contributed by atoms with Crippen LogP contribution in [0.25, 0.3) is 0 Å². The Bertz CT molecular complexity index is 704. The third-order valence-corrected chi connectivity index (χ3v) is 3.65. The van der Waals surface area contributed by atoms with Gasteiger partial charge in [0.05, 0.1) is 21.5 Å². The molecule has 108 valence electrons. The minimum Gasteiger partial charge on any atom is -0.489 e. The van der Waals surface area contributed by atoms with E-state index in [0.29, 0.717) is 15.8 Å². The molecule has 0 fully saturated rings. The van der Waals surface area contributed by atoms with E-state index in [1.807, 2.05) is 0 Å². The van der Waals surface area contributed by atoms with Crippen molar-refractivity contribution in [3.63, 3.8) is 0 Å². The highest BCUT2D eigenvalue weighted by atomic mass is 35.5. The number of hydrogen-bond donors (Lipinski definition) is 0. The van der Waals surface area contributed by atoms with Crippen molar-refractivity contribution < 1.29 is 9.13 Å². The second-order valence-corrected chi connectivity index (χ2v) is 5.13. The van der Waals surface area contributed by atoms with Gasteiger partial charge in [0, 0.05) is 11.6 Å². The normalized spacial score (nSPS) is 9.90. The zero-order chi connectivity index (χ0) is 15.2. The number of alkyl halides is 1. The van der Waals surface area contributed by atoms with E-state index in [9.17, 15) is 4.39 Å². The maximum absolute atomic E-state index is 13.8. The fraction of sp³-hybridized carbons (Fsp3) is 0.125. The van der Waals surface area contributed by atoms with Crippen LogP contribution in [-0.2, 0) is 6.61 Å². The first-order chi connectivity index (χ1) is 10.1. The molecule has 2 aromatic carbocycles. The zero-order valence-electron chi connectivity index (χ0n) is 10.8. The van der Waals surface area contributed by atoms with Gasteiger partial charge in [0.25, 0.3) is 0 Å². The van der Waals surface area contributed by atoms with Gasteiger partial charge in [-0.1, -0.05) is 47.2 Å². The SMILES string of the molecule is Fc1cc(OCc2cccc(Cl)c2Cl)ccc1C#CCCl. The summed E-state index contributed by atoms with van der Waals surface area (Å²) >= 11 is 17.4. The lowest BCUT2D eigenvalue weighted by molar-refractivity contribution is 0.304. The van der Waals surface area contributed by atoms with E-state index in [1.54, 1.807) is 30.3 Å². The molecule has 2 aromatic rings. The van der Waals surface area contributed by atoms with Crippen molar-refractivity contribution in [3.8, 4) is 17.6 Å². The first-order valence-electron chi connectivity index (χ1n) is 6.02. The Morgan fingerprint density at radius 1 is 1.14 bits per heavy atom. The first kappa shape index (κ1) is 16.0. The number of hydrogen-bond acceptors (Lipinski definition) is 1. The topological polar surface area (TPSA) is 9.23 Å². The standard InChI is InChI=1S/C16H10Cl3FO/c17-8-2-4-11-6-7-13(9-15(11)20)21-10-12-3-1-5-14(18)16(12)19/h1,3,5-7,9H,8,10H2. The van der Waals surface area contributed by atoms with Crippen LogP contribution in [0.3, 0.4) is 0 Å². The summed E-state index contributed by atoms with van der Waals surface area (Å²) in [6.07, 6.45) is 0. The molecule has 2 rings (SSSR count). The molecular formula is C16H10Cl3FO. The van der Waals surface area contributed by atoms with Gasteiger partial charge in [-0.15, -0.1) is 11.6 Å².